The maximum Gasteiger partial charge on any atom is 0.255 e. The largest absolute Gasteiger partial charge is 0.489 e. The van der Waals surface area contributed by atoms with Crippen LogP contribution in [-0.2, 0) is 0 Å². The van der Waals surface area contributed by atoms with Gasteiger partial charge in [0.05, 0.1) is 5.02 Å². The lowest BCUT2D eigenvalue weighted by atomic mass is 9.70. The first-order chi connectivity index (χ1) is 12.6. The van der Waals surface area contributed by atoms with Crippen LogP contribution in [-0.4, -0.2) is 17.1 Å². The fourth-order valence-electron chi connectivity index (χ4n) is 4.90. The molecule has 0 radical (unpaired) electrons. The monoisotopic (exact) mass is 374 g/mol. The van der Waals surface area contributed by atoms with Crippen molar-refractivity contribution in [3.8, 4) is 5.75 Å². The van der Waals surface area contributed by atoms with E-state index in [1.165, 1.54) is 32.1 Å². The van der Waals surface area contributed by atoms with Crippen LogP contribution in [0.1, 0.15) is 51.4 Å². The summed E-state index contributed by atoms with van der Waals surface area (Å²) < 4.78 is 6.22. The normalized spacial score (nSPS) is 27.5. The highest BCUT2D eigenvalue weighted by molar-refractivity contribution is 6.32. The van der Waals surface area contributed by atoms with Crippen molar-refractivity contribution in [2.45, 2.75) is 63.5 Å². The van der Waals surface area contributed by atoms with E-state index in [-0.39, 0.29) is 17.7 Å². The minimum atomic E-state index is -0.133. The fraction of sp³-hybridized carbons (Fsp3) is 0.571. The van der Waals surface area contributed by atoms with Crippen LogP contribution < -0.4 is 16.0 Å². The Bertz CT molecular complexity index is 828. The lowest BCUT2D eigenvalue weighted by Crippen LogP contribution is -2.44. The molecule has 3 N–H and O–H groups in total. The molecular formula is C21H27ClN2O2. The number of hydrogen-bond acceptors (Lipinski definition) is 3. The molecule has 4 nitrogen and oxygen atoms in total. The van der Waals surface area contributed by atoms with Gasteiger partial charge in [0.2, 0.25) is 0 Å². The first-order valence-electron chi connectivity index (χ1n) is 9.85. The predicted molar refractivity (Wildman–Crippen MR) is 106 cm³/mol. The van der Waals surface area contributed by atoms with Crippen molar-refractivity contribution in [3.05, 3.63) is 39.8 Å². The van der Waals surface area contributed by atoms with Crippen LogP contribution in [0.15, 0.2) is 29.2 Å². The van der Waals surface area contributed by atoms with Gasteiger partial charge in [-0.1, -0.05) is 43.7 Å². The van der Waals surface area contributed by atoms with Gasteiger partial charge in [0.15, 0.2) is 0 Å². The number of ether oxygens (including phenoxy) is 1. The molecule has 0 bridgehead atoms. The average Bonchev–Trinajstić information content (AvgIpc) is 2.64. The average molecular weight is 375 g/mol. The zero-order valence-corrected chi connectivity index (χ0v) is 15.8. The fourth-order valence-corrected chi connectivity index (χ4v) is 5.11. The van der Waals surface area contributed by atoms with Gasteiger partial charge in [0.25, 0.3) is 5.56 Å². The molecule has 1 unspecified atom stereocenters. The second-order valence-corrected chi connectivity index (χ2v) is 8.36. The summed E-state index contributed by atoms with van der Waals surface area (Å²) in [6.45, 7) is 0. The number of benzene rings is 1. The highest BCUT2D eigenvalue weighted by Crippen LogP contribution is 2.39. The number of rotatable bonds is 3. The van der Waals surface area contributed by atoms with E-state index in [9.17, 15) is 4.79 Å². The second kappa shape index (κ2) is 7.61. The predicted octanol–water partition coefficient (Wildman–Crippen LogP) is 4.64. The van der Waals surface area contributed by atoms with E-state index in [1.807, 2.05) is 12.1 Å². The number of aromatic amines is 1. The molecule has 5 heteroatoms. The molecule has 2 aliphatic rings. The van der Waals surface area contributed by atoms with Gasteiger partial charge >= 0.3 is 0 Å². The summed E-state index contributed by atoms with van der Waals surface area (Å²) in [6, 6.07) is 5.63. The summed E-state index contributed by atoms with van der Waals surface area (Å²) in [4.78, 5) is 14.6. The van der Waals surface area contributed by atoms with E-state index in [4.69, 9.17) is 22.1 Å². The Morgan fingerprint density at radius 2 is 1.92 bits per heavy atom. The van der Waals surface area contributed by atoms with Crippen LogP contribution in [0.2, 0.25) is 5.02 Å². The third-order valence-electron chi connectivity index (χ3n) is 6.28. The lowest BCUT2D eigenvalue weighted by molar-refractivity contribution is 0.0824. The van der Waals surface area contributed by atoms with Gasteiger partial charge in [-0.15, -0.1) is 0 Å². The number of halogens is 1. The number of pyridine rings is 1. The smallest absolute Gasteiger partial charge is 0.255 e. The Labute approximate surface area is 159 Å². The molecule has 2 aromatic rings. The topological polar surface area (TPSA) is 68.1 Å². The van der Waals surface area contributed by atoms with Crippen molar-refractivity contribution in [2.24, 2.45) is 17.6 Å². The Kier molecular flexibility index (Phi) is 5.23. The third-order valence-corrected chi connectivity index (χ3v) is 6.58. The zero-order valence-electron chi connectivity index (χ0n) is 15.0. The van der Waals surface area contributed by atoms with Crippen molar-refractivity contribution >= 4 is 22.4 Å². The van der Waals surface area contributed by atoms with E-state index in [0.29, 0.717) is 22.1 Å². The number of fused-ring (bicyclic) bond motifs is 1. The van der Waals surface area contributed by atoms with Crippen LogP contribution in [0.5, 0.6) is 5.75 Å². The summed E-state index contributed by atoms with van der Waals surface area (Å²) in [5.74, 6) is 2.09. The van der Waals surface area contributed by atoms with Crippen molar-refractivity contribution in [2.75, 3.05) is 0 Å². The van der Waals surface area contributed by atoms with Crippen LogP contribution in [0.25, 0.3) is 10.8 Å². The molecule has 26 heavy (non-hydrogen) atoms. The molecule has 4 rings (SSSR count). The van der Waals surface area contributed by atoms with Gasteiger partial charge in [0, 0.05) is 17.6 Å². The van der Waals surface area contributed by atoms with Crippen LogP contribution in [0.4, 0.5) is 0 Å². The summed E-state index contributed by atoms with van der Waals surface area (Å²) in [5.41, 5.74) is 6.41. The Balaban J connectivity index is 1.46. The van der Waals surface area contributed by atoms with E-state index in [2.05, 4.69) is 4.98 Å². The lowest BCUT2D eigenvalue weighted by Gasteiger charge is -2.40. The number of aromatic nitrogens is 1. The molecule has 3 atom stereocenters. The van der Waals surface area contributed by atoms with Crippen molar-refractivity contribution in [3.63, 3.8) is 0 Å². The third kappa shape index (κ3) is 3.63. The molecule has 1 aromatic carbocycles. The number of nitrogens with one attached hydrogen (secondary N) is 1. The van der Waals surface area contributed by atoms with E-state index < -0.39 is 0 Å². The van der Waals surface area contributed by atoms with Gasteiger partial charge in [-0.2, -0.15) is 0 Å². The Morgan fingerprint density at radius 1 is 1.12 bits per heavy atom. The molecule has 2 saturated carbocycles. The SMILES string of the molecule is N[C@H]1CC(Oc2cc3cc[nH]c(=O)c3cc2Cl)CC[C@H]1C1CCCCC1. The summed E-state index contributed by atoms with van der Waals surface area (Å²) in [7, 11) is 0. The summed E-state index contributed by atoms with van der Waals surface area (Å²) in [5, 5.41) is 1.91. The highest BCUT2D eigenvalue weighted by Gasteiger charge is 2.34. The molecule has 0 spiro atoms. The second-order valence-electron chi connectivity index (χ2n) is 7.96. The van der Waals surface area contributed by atoms with Gasteiger partial charge in [-0.25, -0.2) is 0 Å². The Morgan fingerprint density at radius 3 is 2.69 bits per heavy atom. The highest BCUT2D eigenvalue weighted by atomic mass is 35.5. The van der Waals surface area contributed by atoms with Gasteiger partial charge in [-0.05, 0) is 54.7 Å². The van der Waals surface area contributed by atoms with Gasteiger partial charge in [-0.3, -0.25) is 4.79 Å². The zero-order chi connectivity index (χ0) is 18.1. The Hall–Kier alpha value is -1.52. The van der Waals surface area contributed by atoms with E-state index in [0.717, 1.165) is 30.6 Å². The number of hydrogen-bond donors (Lipinski definition) is 2. The van der Waals surface area contributed by atoms with Gasteiger partial charge in [0.1, 0.15) is 11.9 Å². The molecule has 0 aliphatic heterocycles. The van der Waals surface area contributed by atoms with Crippen molar-refractivity contribution < 1.29 is 4.74 Å². The van der Waals surface area contributed by atoms with E-state index in [1.54, 1.807) is 12.3 Å². The molecule has 0 saturated heterocycles. The summed E-state index contributed by atoms with van der Waals surface area (Å²) >= 11 is 6.37. The van der Waals surface area contributed by atoms with Crippen LogP contribution in [0.3, 0.4) is 0 Å². The molecule has 1 aromatic heterocycles. The minimum Gasteiger partial charge on any atom is -0.489 e. The maximum atomic E-state index is 11.9. The first kappa shape index (κ1) is 17.9. The molecule has 2 aliphatic carbocycles. The quantitative estimate of drug-likeness (QED) is 0.822. The molecular weight excluding hydrogens is 348 g/mol. The molecule has 1 heterocycles. The first-order valence-corrected chi connectivity index (χ1v) is 10.2. The summed E-state index contributed by atoms with van der Waals surface area (Å²) in [6.07, 6.45) is 11.6. The maximum absolute atomic E-state index is 11.9. The molecule has 2 fully saturated rings. The van der Waals surface area contributed by atoms with Crippen molar-refractivity contribution in [1.29, 1.82) is 0 Å². The van der Waals surface area contributed by atoms with Crippen molar-refractivity contribution in [1.82, 2.24) is 4.98 Å². The molecule has 0 amide bonds. The molecule has 140 valence electrons. The minimum absolute atomic E-state index is 0.0989. The standard InChI is InChI=1S/C21H27ClN2O2/c22-18-12-17-14(8-9-24-21(17)25)10-20(18)26-15-6-7-16(19(23)11-15)13-4-2-1-3-5-13/h8-10,12-13,15-16,19H,1-7,11,23H2,(H,24,25)/t15?,16-,19-/m0/s1. The number of nitrogens with two attached hydrogens (primary N) is 1. The van der Waals surface area contributed by atoms with E-state index >= 15 is 0 Å². The van der Waals surface area contributed by atoms with Crippen LogP contribution >= 0.6 is 11.6 Å². The van der Waals surface area contributed by atoms with Gasteiger partial charge < -0.3 is 15.5 Å². The van der Waals surface area contributed by atoms with Crippen LogP contribution in [0, 0.1) is 11.8 Å². The number of H-pyrrole nitrogens is 1.